The first-order chi connectivity index (χ1) is 6.20. The molecule has 1 fully saturated rings. The van der Waals surface area contributed by atoms with E-state index in [9.17, 15) is 13.6 Å². The molecule has 1 rings (SSSR count). The van der Waals surface area contributed by atoms with E-state index in [0.717, 1.165) is 6.42 Å². The molecule has 0 aliphatic heterocycles. The molecule has 1 saturated carbocycles. The van der Waals surface area contributed by atoms with Crippen LogP contribution in [0.2, 0.25) is 0 Å². The van der Waals surface area contributed by atoms with Gasteiger partial charge in [0.25, 0.3) is 5.91 Å². The van der Waals surface area contributed by atoms with Crippen LogP contribution in [0.5, 0.6) is 0 Å². The first kappa shape index (κ1) is 10.4. The average Bonchev–Trinajstić information content (AvgIpc) is 2.56. The van der Waals surface area contributed by atoms with E-state index in [4.69, 9.17) is 0 Å². The second-order valence-electron chi connectivity index (χ2n) is 3.53. The molecule has 2 nitrogen and oxygen atoms in total. The number of halogens is 2. The van der Waals surface area contributed by atoms with Gasteiger partial charge in [-0.2, -0.15) is 8.78 Å². The number of amides is 1. The van der Waals surface area contributed by atoms with Crippen molar-refractivity contribution < 1.29 is 13.6 Å². The molecule has 0 atom stereocenters. The van der Waals surface area contributed by atoms with Crippen molar-refractivity contribution in [2.24, 2.45) is 5.92 Å². The molecule has 0 bridgehead atoms. The second kappa shape index (κ2) is 5.14. The Morgan fingerprint density at radius 1 is 1.38 bits per heavy atom. The Labute approximate surface area is 76.7 Å². The second-order valence-corrected chi connectivity index (χ2v) is 3.53. The lowest BCUT2D eigenvalue weighted by molar-refractivity contribution is -0.131. The fourth-order valence-corrected chi connectivity index (χ4v) is 1.78. The van der Waals surface area contributed by atoms with Gasteiger partial charge in [0.05, 0.1) is 0 Å². The lowest BCUT2D eigenvalue weighted by atomic mass is 10.0. The van der Waals surface area contributed by atoms with E-state index in [-0.39, 0.29) is 0 Å². The third-order valence-corrected chi connectivity index (χ3v) is 2.52. The summed E-state index contributed by atoms with van der Waals surface area (Å²) in [6.07, 6.45) is 2.83. The summed E-state index contributed by atoms with van der Waals surface area (Å²) in [6.45, 7) is 0.397. The number of nitrogens with one attached hydrogen (secondary N) is 1. The van der Waals surface area contributed by atoms with E-state index >= 15 is 0 Å². The third-order valence-electron chi connectivity index (χ3n) is 2.52. The molecule has 0 aromatic carbocycles. The van der Waals surface area contributed by atoms with Crippen LogP contribution in [-0.2, 0) is 4.79 Å². The highest BCUT2D eigenvalue weighted by molar-refractivity contribution is 5.78. The number of carbonyl (C=O) groups excluding carboxylic acids is 1. The molecule has 13 heavy (non-hydrogen) atoms. The molecule has 0 radical (unpaired) electrons. The minimum Gasteiger partial charge on any atom is -0.351 e. The molecule has 4 heteroatoms. The van der Waals surface area contributed by atoms with Crippen molar-refractivity contribution in [1.29, 1.82) is 0 Å². The molecule has 0 heterocycles. The lowest BCUT2D eigenvalue weighted by Gasteiger charge is -2.09. The Kier molecular flexibility index (Phi) is 4.12. The van der Waals surface area contributed by atoms with Gasteiger partial charge in [-0.25, -0.2) is 0 Å². The summed E-state index contributed by atoms with van der Waals surface area (Å²) in [6, 6.07) is 0. The number of alkyl halides is 2. The standard InChI is InChI=1S/C9H15F2NO/c10-8(11)9(13)12-6-5-7-3-1-2-4-7/h7-8H,1-6H2,(H,12,13). The predicted molar refractivity (Wildman–Crippen MR) is 45.6 cm³/mol. The van der Waals surface area contributed by atoms with Gasteiger partial charge in [0.15, 0.2) is 0 Å². The van der Waals surface area contributed by atoms with Crippen molar-refractivity contribution in [3.8, 4) is 0 Å². The Balaban J connectivity index is 2.03. The van der Waals surface area contributed by atoms with Crippen molar-refractivity contribution in [3.63, 3.8) is 0 Å². The zero-order valence-electron chi connectivity index (χ0n) is 7.56. The molecule has 0 saturated heterocycles. The molecule has 0 unspecified atom stereocenters. The van der Waals surface area contributed by atoms with Gasteiger partial charge < -0.3 is 5.32 Å². The molecular formula is C9H15F2NO. The molecule has 1 N–H and O–H groups in total. The van der Waals surface area contributed by atoms with Crippen molar-refractivity contribution in [2.45, 2.75) is 38.5 Å². The molecule has 0 spiro atoms. The largest absolute Gasteiger partial charge is 0.351 e. The fraction of sp³-hybridized carbons (Fsp3) is 0.889. The lowest BCUT2D eigenvalue weighted by Crippen LogP contribution is -2.30. The molecule has 1 aliphatic carbocycles. The first-order valence-electron chi connectivity index (χ1n) is 4.76. The molecule has 1 aliphatic rings. The minimum atomic E-state index is -2.87. The van der Waals surface area contributed by atoms with Gasteiger partial charge in [-0.3, -0.25) is 4.79 Å². The Morgan fingerprint density at radius 2 is 2.00 bits per heavy atom. The maximum absolute atomic E-state index is 11.7. The molecule has 1 amide bonds. The highest BCUT2D eigenvalue weighted by Gasteiger charge is 2.17. The molecule has 76 valence electrons. The van der Waals surface area contributed by atoms with E-state index in [1.807, 2.05) is 0 Å². The Morgan fingerprint density at radius 3 is 2.54 bits per heavy atom. The Bertz CT molecular complexity index is 167. The van der Waals surface area contributed by atoms with E-state index in [1.165, 1.54) is 25.7 Å². The van der Waals surface area contributed by atoms with Gasteiger partial charge in [0, 0.05) is 6.54 Å². The van der Waals surface area contributed by atoms with E-state index < -0.39 is 12.3 Å². The highest BCUT2D eigenvalue weighted by atomic mass is 19.3. The van der Waals surface area contributed by atoms with E-state index in [1.54, 1.807) is 0 Å². The van der Waals surface area contributed by atoms with Gasteiger partial charge in [0.2, 0.25) is 0 Å². The van der Waals surface area contributed by atoms with Crippen LogP contribution < -0.4 is 5.32 Å². The normalized spacial score (nSPS) is 18.1. The topological polar surface area (TPSA) is 29.1 Å². The zero-order chi connectivity index (χ0) is 9.68. The summed E-state index contributed by atoms with van der Waals surface area (Å²) in [4.78, 5) is 10.5. The van der Waals surface area contributed by atoms with Crippen LogP contribution >= 0.6 is 0 Å². The van der Waals surface area contributed by atoms with Crippen molar-refractivity contribution >= 4 is 5.91 Å². The number of hydrogen-bond acceptors (Lipinski definition) is 1. The number of carbonyl (C=O) groups is 1. The quantitative estimate of drug-likeness (QED) is 0.723. The van der Waals surface area contributed by atoms with Crippen LogP contribution in [0, 0.1) is 5.92 Å². The van der Waals surface area contributed by atoms with Gasteiger partial charge >= 0.3 is 6.43 Å². The van der Waals surface area contributed by atoms with Gasteiger partial charge in [-0.05, 0) is 12.3 Å². The van der Waals surface area contributed by atoms with Crippen LogP contribution in [0.1, 0.15) is 32.1 Å². The van der Waals surface area contributed by atoms with E-state index in [2.05, 4.69) is 5.32 Å². The first-order valence-corrected chi connectivity index (χ1v) is 4.76. The monoisotopic (exact) mass is 191 g/mol. The fourth-order valence-electron chi connectivity index (χ4n) is 1.78. The summed E-state index contributed by atoms with van der Waals surface area (Å²) in [5, 5.41) is 2.22. The third kappa shape index (κ3) is 3.70. The van der Waals surface area contributed by atoms with Crippen LogP contribution in [0.3, 0.4) is 0 Å². The summed E-state index contributed by atoms with van der Waals surface area (Å²) >= 11 is 0. The van der Waals surface area contributed by atoms with Gasteiger partial charge in [0.1, 0.15) is 0 Å². The summed E-state index contributed by atoms with van der Waals surface area (Å²) in [7, 11) is 0. The van der Waals surface area contributed by atoms with Crippen LogP contribution in [0.25, 0.3) is 0 Å². The van der Waals surface area contributed by atoms with Crippen molar-refractivity contribution in [3.05, 3.63) is 0 Å². The van der Waals surface area contributed by atoms with Crippen LogP contribution in [-0.4, -0.2) is 18.9 Å². The molecule has 0 aromatic rings. The predicted octanol–water partition coefficient (Wildman–Crippen LogP) is 1.95. The highest BCUT2D eigenvalue weighted by Crippen LogP contribution is 2.26. The number of rotatable bonds is 4. The molecular weight excluding hydrogens is 176 g/mol. The molecule has 0 aromatic heterocycles. The summed E-state index contributed by atoms with van der Waals surface area (Å²) in [5.74, 6) is -0.504. The Hall–Kier alpha value is -0.670. The van der Waals surface area contributed by atoms with Gasteiger partial charge in [-0.15, -0.1) is 0 Å². The van der Waals surface area contributed by atoms with Crippen LogP contribution in [0.15, 0.2) is 0 Å². The van der Waals surface area contributed by atoms with Crippen molar-refractivity contribution in [1.82, 2.24) is 5.32 Å². The summed E-state index contributed by atoms with van der Waals surface area (Å²) in [5.41, 5.74) is 0. The van der Waals surface area contributed by atoms with E-state index in [0.29, 0.717) is 12.5 Å². The average molecular weight is 191 g/mol. The summed E-state index contributed by atoms with van der Waals surface area (Å²) < 4.78 is 23.4. The van der Waals surface area contributed by atoms with Crippen molar-refractivity contribution in [2.75, 3.05) is 6.54 Å². The SMILES string of the molecule is O=C(NCCC1CCCC1)C(F)F. The number of hydrogen-bond donors (Lipinski definition) is 1. The smallest absolute Gasteiger partial charge is 0.315 e. The van der Waals surface area contributed by atoms with Crippen LogP contribution in [0.4, 0.5) is 8.78 Å². The zero-order valence-corrected chi connectivity index (χ0v) is 7.56. The maximum atomic E-state index is 11.7. The maximum Gasteiger partial charge on any atom is 0.315 e. The van der Waals surface area contributed by atoms with Gasteiger partial charge in [-0.1, -0.05) is 25.7 Å². The minimum absolute atomic E-state index is 0.397.